The Morgan fingerprint density at radius 3 is 2.45 bits per heavy atom. The van der Waals surface area contributed by atoms with Crippen molar-refractivity contribution in [1.82, 2.24) is 0 Å². The molecule has 0 radical (unpaired) electrons. The van der Waals surface area contributed by atoms with Crippen LogP contribution in [0.2, 0.25) is 0 Å². The molecule has 110 valence electrons. The molecule has 1 aliphatic rings. The molecule has 2 unspecified atom stereocenters. The Morgan fingerprint density at radius 1 is 1.20 bits per heavy atom. The van der Waals surface area contributed by atoms with Gasteiger partial charge < -0.3 is 4.90 Å². The molecular formula is C18H27NO. The lowest BCUT2D eigenvalue weighted by atomic mass is 9.79. The second kappa shape index (κ2) is 6.43. The van der Waals surface area contributed by atoms with Crippen molar-refractivity contribution in [2.45, 2.75) is 46.5 Å². The lowest BCUT2D eigenvalue weighted by Crippen LogP contribution is -2.34. The molecule has 2 nitrogen and oxygen atoms in total. The van der Waals surface area contributed by atoms with Gasteiger partial charge in [0, 0.05) is 31.6 Å². The summed E-state index contributed by atoms with van der Waals surface area (Å²) >= 11 is 0. The van der Waals surface area contributed by atoms with Gasteiger partial charge in [-0.3, -0.25) is 4.79 Å². The van der Waals surface area contributed by atoms with E-state index in [2.05, 4.69) is 50.9 Å². The van der Waals surface area contributed by atoms with Gasteiger partial charge in [-0.2, -0.15) is 0 Å². The second-order valence-corrected chi connectivity index (χ2v) is 6.44. The molecule has 20 heavy (non-hydrogen) atoms. The minimum atomic E-state index is 0.222. The molecule has 1 saturated carbocycles. The molecule has 2 heteroatoms. The standard InChI is InChI=1S/C18H27NO/c1-5-15-6-7-18(20)16(11-15)12-19(4)17-9-13(2)8-14(3)10-17/h8-10,15-16H,5-7,11-12H2,1-4H3. The Hall–Kier alpha value is -1.31. The summed E-state index contributed by atoms with van der Waals surface area (Å²) in [6, 6.07) is 6.60. The first kappa shape index (κ1) is 15.1. The summed E-state index contributed by atoms with van der Waals surface area (Å²) in [5, 5.41) is 0. The third-order valence-corrected chi connectivity index (χ3v) is 4.59. The Morgan fingerprint density at radius 2 is 1.85 bits per heavy atom. The average Bonchev–Trinajstić information content (AvgIpc) is 2.40. The Kier molecular flexibility index (Phi) is 4.85. The van der Waals surface area contributed by atoms with E-state index in [9.17, 15) is 4.79 Å². The summed E-state index contributed by atoms with van der Waals surface area (Å²) < 4.78 is 0. The van der Waals surface area contributed by atoms with E-state index in [0.717, 1.165) is 31.7 Å². The summed E-state index contributed by atoms with van der Waals surface area (Å²) in [7, 11) is 2.11. The molecule has 0 amide bonds. The number of hydrogen-bond acceptors (Lipinski definition) is 2. The molecule has 1 fully saturated rings. The Balaban J connectivity index is 2.06. The van der Waals surface area contributed by atoms with Gasteiger partial charge in [-0.25, -0.2) is 0 Å². The van der Waals surface area contributed by atoms with Crippen LogP contribution in [0.5, 0.6) is 0 Å². The molecule has 2 atom stereocenters. The van der Waals surface area contributed by atoms with Crippen LogP contribution in [-0.2, 0) is 4.79 Å². The summed E-state index contributed by atoms with van der Waals surface area (Å²) in [6.07, 6.45) is 4.16. The number of ketones is 1. The predicted molar refractivity (Wildman–Crippen MR) is 85.3 cm³/mol. The zero-order chi connectivity index (χ0) is 14.7. The van der Waals surface area contributed by atoms with E-state index in [4.69, 9.17) is 0 Å². The molecule has 0 heterocycles. The normalized spacial score (nSPS) is 22.9. The molecule has 0 aliphatic heterocycles. The maximum atomic E-state index is 12.1. The number of Topliss-reactive ketones (excluding diaryl/α,β-unsaturated/α-hetero) is 1. The van der Waals surface area contributed by atoms with Crippen LogP contribution in [0, 0.1) is 25.7 Å². The summed E-state index contributed by atoms with van der Waals surface area (Å²) in [5.41, 5.74) is 3.80. The maximum Gasteiger partial charge on any atom is 0.137 e. The van der Waals surface area contributed by atoms with E-state index in [1.165, 1.54) is 23.2 Å². The fourth-order valence-corrected chi connectivity index (χ4v) is 3.36. The van der Waals surface area contributed by atoms with Crippen LogP contribution >= 0.6 is 0 Å². The van der Waals surface area contributed by atoms with E-state index in [1.807, 2.05) is 0 Å². The molecule has 0 aromatic heterocycles. The van der Waals surface area contributed by atoms with Gasteiger partial charge in [-0.15, -0.1) is 0 Å². The predicted octanol–water partition coefficient (Wildman–Crippen LogP) is 4.14. The van der Waals surface area contributed by atoms with Gasteiger partial charge in [0.05, 0.1) is 0 Å². The highest BCUT2D eigenvalue weighted by Crippen LogP contribution is 2.30. The van der Waals surface area contributed by atoms with Gasteiger partial charge in [-0.05, 0) is 55.9 Å². The van der Waals surface area contributed by atoms with Crippen molar-refractivity contribution >= 4 is 11.5 Å². The van der Waals surface area contributed by atoms with E-state index < -0.39 is 0 Å². The number of anilines is 1. The molecular weight excluding hydrogens is 246 g/mol. The molecule has 1 aromatic carbocycles. The molecule has 1 aromatic rings. The zero-order valence-corrected chi connectivity index (χ0v) is 13.3. The number of rotatable bonds is 4. The third kappa shape index (κ3) is 3.62. The van der Waals surface area contributed by atoms with Crippen LogP contribution in [0.3, 0.4) is 0 Å². The van der Waals surface area contributed by atoms with Crippen LogP contribution in [0.25, 0.3) is 0 Å². The summed E-state index contributed by atoms with van der Waals surface area (Å²) in [6.45, 7) is 7.36. The van der Waals surface area contributed by atoms with Crippen molar-refractivity contribution < 1.29 is 4.79 Å². The molecule has 1 aliphatic carbocycles. The minimum Gasteiger partial charge on any atom is -0.374 e. The monoisotopic (exact) mass is 273 g/mol. The van der Waals surface area contributed by atoms with E-state index >= 15 is 0 Å². The molecule has 2 rings (SSSR count). The highest BCUT2D eigenvalue weighted by atomic mass is 16.1. The van der Waals surface area contributed by atoms with Crippen molar-refractivity contribution in [3.63, 3.8) is 0 Å². The van der Waals surface area contributed by atoms with Crippen LogP contribution in [0.15, 0.2) is 18.2 Å². The number of carbonyl (C=O) groups is 1. The van der Waals surface area contributed by atoms with Gasteiger partial charge in [-0.1, -0.05) is 19.4 Å². The first-order valence-corrected chi connectivity index (χ1v) is 7.81. The van der Waals surface area contributed by atoms with Crippen molar-refractivity contribution in [3.05, 3.63) is 29.3 Å². The Bertz CT molecular complexity index is 460. The fourth-order valence-electron chi connectivity index (χ4n) is 3.36. The maximum absolute atomic E-state index is 12.1. The van der Waals surface area contributed by atoms with E-state index in [-0.39, 0.29) is 5.92 Å². The van der Waals surface area contributed by atoms with Gasteiger partial charge >= 0.3 is 0 Å². The molecule has 0 bridgehead atoms. The van der Waals surface area contributed by atoms with Crippen LogP contribution < -0.4 is 4.90 Å². The van der Waals surface area contributed by atoms with Gasteiger partial charge in [0.2, 0.25) is 0 Å². The van der Waals surface area contributed by atoms with Gasteiger partial charge in [0.1, 0.15) is 5.78 Å². The lowest BCUT2D eigenvalue weighted by molar-refractivity contribution is -0.125. The molecule has 0 saturated heterocycles. The SMILES string of the molecule is CCC1CCC(=O)C(CN(C)c2cc(C)cc(C)c2)C1. The van der Waals surface area contributed by atoms with Crippen molar-refractivity contribution in [1.29, 1.82) is 0 Å². The zero-order valence-electron chi connectivity index (χ0n) is 13.3. The second-order valence-electron chi connectivity index (χ2n) is 6.44. The smallest absolute Gasteiger partial charge is 0.137 e. The molecule has 0 N–H and O–H groups in total. The van der Waals surface area contributed by atoms with Gasteiger partial charge in [0.15, 0.2) is 0 Å². The van der Waals surface area contributed by atoms with Crippen LogP contribution in [0.4, 0.5) is 5.69 Å². The van der Waals surface area contributed by atoms with Crippen LogP contribution in [-0.4, -0.2) is 19.4 Å². The lowest BCUT2D eigenvalue weighted by Gasteiger charge is -2.31. The number of benzene rings is 1. The number of aryl methyl sites for hydroxylation is 2. The Labute approximate surface area is 123 Å². The van der Waals surface area contributed by atoms with Crippen molar-refractivity contribution in [3.8, 4) is 0 Å². The highest BCUT2D eigenvalue weighted by Gasteiger charge is 2.28. The topological polar surface area (TPSA) is 20.3 Å². The van der Waals surface area contributed by atoms with Crippen molar-refractivity contribution in [2.75, 3.05) is 18.5 Å². The fraction of sp³-hybridized carbons (Fsp3) is 0.611. The minimum absolute atomic E-state index is 0.222. The highest BCUT2D eigenvalue weighted by molar-refractivity contribution is 5.82. The first-order chi connectivity index (χ1) is 9.49. The number of carbonyl (C=O) groups excluding carboxylic acids is 1. The van der Waals surface area contributed by atoms with E-state index in [0.29, 0.717) is 5.78 Å². The van der Waals surface area contributed by atoms with Crippen LogP contribution in [0.1, 0.15) is 43.7 Å². The first-order valence-electron chi connectivity index (χ1n) is 7.81. The largest absolute Gasteiger partial charge is 0.374 e. The number of hydrogen-bond donors (Lipinski definition) is 0. The van der Waals surface area contributed by atoms with E-state index in [1.54, 1.807) is 0 Å². The summed E-state index contributed by atoms with van der Waals surface area (Å²) in [4.78, 5) is 14.4. The van der Waals surface area contributed by atoms with Crippen molar-refractivity contribution in [2.24, 2.45) is 11.8 Å². The summed E-state index contributed by atoms with van der Waals surface area (Å²) in [5.74, 6) is 1.43. The molecule has 0 spiro atoms. The number of nitrogens with zero attached hydrogens (tertiary/aromatic N) is 1. The quantitative estimate of drug-likeness (QED) is 0.822. The van der Waals surface area contributed by atoms with Gasteiger partial charge in [0.25, 0.3) is 0 Å². The average molecular weight is 273 g/mol. The third-order valence-electron chi connectivity index (χ3n) is 4.59.